The number of tetrazole rings is 1. The van der Waals surface area contributed by atoms with E-state index in [2.05, 4.69) is 76.7 Å². The number of pyridine rings is 1. The summed E-state index contributed by atoms with van der Waals surface area (Å²) in [5.74, 6) is 0.824. The molecule has 3 heterocycles. The first-order valence-corrected chi connectivity index (χ1v) is 12.2. The molecule has 36 heavy (non-hydrogen) atoms. The molecule has 8 nitrogen and oxygen atoms in total. The Morgan fingerprint density at radius 3 is 2.53 bits per heavy atom. The Bertz CT molecular complexity index is 1510. The Morgan fingerprint density at radius 1 is 1.00 bits per heavy atom. The molecule has 2 aromatic carbocycles. The highest BCUT2D eigenvalue weighted by molar-refractivity contribution is 5.79. The average molecular weight is 480 g/mol. The number of benzene rings is 2. The van der Waals surface area contributed by atoms with Gasteiger partial charge in [-0.1, -0.05) is 69.7 Å². The van der Waals surface area contributed by atoms with Crippen molar-refractivity contribution in [1.29, 1.82) is 0 Å². The van der Waals surface area contributed by atoms with Gasteiger partial charge in [0.05, 0.1) is 12.2 Å². The predicted octanol–water partition coefficient (Wildman–Crippen LogP) is 5.01. The third-order valence-electron chi connectivity index (χ3n) is 6.40. The van der Waals surface area contributed by atoms with E-state index in [0.29, 0.717) is 18.3 Å². The van der Waals surface area contributed by atoms with Crippen LogP contribution in [0.4, 0.5) is 0 Å². The van der Waals surface area contributed by atoms with Crippen LogP contribution in [-0.2, 0) is 13.0 Å². The van der Waals surface area contributed by atoms with Crippen molar-refractivity contribution in [3.8, 4) is 28.2 Å². The minimum atomic E-state index is -0.0100. The Balaban J connectivity index is 1.49. The maximum Gasteiger partial charge on any atom is 0.333 e. The number of imidazole rings is 1. The molecule has 0 radical (unpaired) electrons. The van der Waals surface area contributed by atoms with Crippen LogP contribution >= 0.6 is 0 Å². The van der Waals surface area contributed by atoms with Gasteiger partial charge >= 0.3 is 5.69 Å². The lowest BCUT2D eigenvalue weighted by molar-refractivity contribution is 0.690. The summed E-state index contributed by atoms with van der Waals surface area (Å²) in [4.78, 5) is 17.8. The summed E-state index contributed by atoms with van der Waals surface area (Å²) < 4.78 is 3.70. The van der Waals surface area contributed by atoms with E-state index in [1.54, 1.807) is 12.4 Å². The van der Waals surface area contributed by atoms with Crippen molar-refractivity contribution in [2.75, 3.05) is 0 Å². The zero-order chi connectivity index (χ0) is 25.1. The fourth-order valence-electron chi connectivity index (χ4n) is 4.59. The Morgan fingerprint density at radius 2 is 1.81 bits per heavy atom. The van der Waals surface area contributed by atoms with E-state index >= 15 is 0 Å². The second-order valence-electron chi connectivity index (χ2n) is 9.18. The van der Waals surface area contributed by atoms with Crippen LogP contribution in [-0.4, -0.2) is 34.7 Å². The SMILES string of the molecule is CCCc1cn(-c2ccccc2C(C)C)c(=O)n1Cc1ccc(-c2ccncc2-c2nn[nH]n2)cc1. The average Bonchev–Trinajstić information content (AvgIpc) is 3.54. The topological polar surface area (TPSA) is 94.3 Å². The van der Waals surface area contributed by atoms with Gasteiger partial charge in [0, 0.05) is 29.8 Å². The molecule has 3 aromatic heterocycles. The third-order valence-corrected chi connectivity index (χ3v) is 6.40. The second-order valence-corrected chi connectivity index (χ2v) is 9.18. The Kier molecular flexibility index (Phi) is 6.58. The fourth-order valence-corrected chi connectivity index (χ4v) is 4.59. The van der Waals surface area contributed by atoms with Crippen molar-refractivity contribution in [1.82, 2.24) is 34.7 Å². The van der Waals surface area contributed by atoms with Crippen LogP contribution in [0.15, 0.2) is 78.0 Å². The Hall–Kier alpha value is -4.33. The summed E-state index contributed by atoms with van der Waals surface area (Å²) in [7, 11) is 0. The predicted molar refractivity (Wildman–Crippen MR) is 140 cm³/mol. The van der Waals surface area contributed by atoms with Crippen molar-refractivity contribution < 1.29 is 0 Å². The summed E-state index contributed by atoms with van der Waals surface area (Å²) in [6, 6.07) is 18.3. The van der Waals surface area contributed by atoms with E-state index in [9.17, 15) is 4.79 Å². The molecule has 0 saturated heterocycles. The largest absolute Gasteiger partial charge is 0.333 e. The van der Waals surface area contributed by atoms with Crippen molar-refractivity contribution in [3.05, 3.63) is 100 Å². The monoisotopic (exact) mass is 479 g/mol. The van der Waals surface area contributed by atoms with Crippen LogP contribution < -0.4 is 5.69 Å². The highest BCUT2D eigenvalue weighted by atomic mass is 16.1. The summed E-state index contributed by atoms with van der Waals surface area (Å²) in [6.45, 7) is 6.96. The number of nitrogens with one attached hydrogen (secondary N) is 1. The number of para-hydroxylation sites is 1. The van der Waals surface area contributed by atoms with E-state index in [-0.39, 0.29) is 5.69 Å². The molecule has 1 N–H and O–H groups in total. The van der Waals surface area contributed by atoms with Gasteiger partial charge in [0.25, 0.3) is 0 Å². The number of aryl methyl sites for hydroxylation is 1. The van der Waals surface area contributed by atoms with Crippen LogP contribution in [0.1, 0.15) is 49.9 Å². The normalized spacial score (nSPS) is 11.3. The molecule has 0 amide bonds. The molecule has 0 unspecified atom stereocenters. The lowest BCUT2D eigenvalue weighted by Crippen LogP contribution is -2.25. The summed E-state index contributed by atoms with van der Waals surface area (Å²) in [6.07, 6.45) is 7.31. The first-order chi connectivity index (χ1) is 17.6. The maximum atomic E-state index is 13.6. The number of nitrogens with zero attached hydrogens (tertiary/aromatic N) is 6. The van der Waals surface area contributed by atoms with Crippen molar-refractivity contribution >= 4 is 0 Å². The van der Waals surface area contributed by atoms with Gasteiger partial charge in [-0.2, -0.15) is 5.21 Å². The molecular weight excluding hydrogens is 450 g/mol. The first-order valence-electron chi connectivity index (χ1n) is 12.2. The third kappa shape index (κ3) is 4.49. The van der Waals surface area contributed by atoms with Gasteiger partial charge in [-0.25, -0.2) is 4.79 Å². The van der Waals surface area contributed by atoms with Gasteiger partial charge < -0.3 is 0 Å². The molecule has 0 bridgehead atoms. The maximum absolute atomic E-state index is 13.6. The number of hydrogen-bond donors (Lipinski definition) is 1. The quantitative estimate of drug-likeness (QED) is 0.338. The highest BCUT2D eigenvalue weighted by Crippen LogP contribution is 2.29. The lowest BCUT2D eigenvalue weighted by atomic mass is 10.00. The van der Waals surface area contributed by atoms with Crippen molar-refractivity contribution in [2.45, 2.75) is 46.1 Å². The molecule has 8 heteroatoms. The van der Waals surface area contributed by atoms with Gasteiger partial charge in [0.1, 0.15) is 0 Å². The number of aromatic nitrogens is 7. The summed E-state index contributed by atoms with van der Waals surface area (Å²) >= 11 is 0. The number of H-pyrrole nitrogens is 1. The molecule has 0 saturated carbocycles. The molecule has 5 rings (SSSR count). The molecule has 0 fully saturated rings. The van der Waals surface area contributed by atoms with E-state index in [1.165, 1.54) is 5.56 Å². The van der Waals surface area contributed by atoms with E-state index < -0.39 is 0 Å². The smallest absolute Gasteiger partial charge is 0.292 e. The fraction of sp³-hybridized carbons (Fsp3) is 0.250. The molecule has 182 valence electrons. The number of rotatable bonds is 8. The summed E-state index contributed by atoms with van der Waals surface area (Å²) in [5, 5.41) is 14.4. The van der Waals surface area contributed by atoms with E-state index in [1.807, 2.05) is 39.6 Å². The highest BCUT2D eigenvalue weighted by Gasteiger charge is 2.16. The molecule has 0 atom stereocenters. The first kappa shape index (κ1) is 23.4. The van der Waals surface area contributed by atoms with Gasteiger partial charge in [0.15, 0.2) is 0 Å². The second kappa shape index (κ2) is 10.1. The van der Waals surface area contributed by atoms with Crippen molar-refractivity contribution in [2.24, 2.45) is 0 Å². The zero-order valence-corrected chi connectivity index (χ0v) is 20.7. The molecular formula is C28H29N7O. The Labute approximate surface area is 209 Å². The number of hydrogen-bond acceptors (Lipinski definition) is 5. The van der Waals surface area contributed by atoms with Crippen LogP contribution in [0.25, 0.3) is 28.2 Å². The van der Waals surface area contributed by atoms with Crippen LogP contribution in [0.3, 0.4) is 0 Å². The molecule has 5 aromatic rings. The minimum absolute atomic E-state index is 0.0100. The lowest BCUT2D eigenvalue weighted by Gasteiger charge is -2.12. The van der Waals surface area contributed by atoms with E-state index in [0.717, 1.165) is 46.5 Å². The van der Waals surface area contributed by atoms with Gasteiger partial charge in [-0.3, -0.25) is 14.1 Å². The van der Waals surface area contributed by atoms with Crippen LogP contribution in [0, 0.1) is 0 Å². The molecule has 0 aliphatic heterocycles. The molecule has 0 aliphatic rings. The minimum Gasteiger partial charge on any atom is -0.292 e. The number of aromatic amines is 1. The van der Waals surface area contributed by atoms with Crippen LogP contribution in [0.2, 0.25) is 0 Å². The van der Waals surface area contributed by atoms with Crippen molar-refractivity contribution in [3.63, 3.8) is 0 Å². The van der Waals surface area contributed by atoms with Gasteiger partial charge in [-0.15, -0.1) is 10.2 Å². The molecule has 0 aliphatic carbocycles. The standard InChI is InChI=1S/C28H29N7O/c1-4-7-22-18-35(26-9-6-5-8-23(26)19(2)3)28(36)34(22)17-20-10-12-21(13-11-20)24-14-15-29-16-25(24)27-30-32-33-31-27/h5-6,8-16,18-19H,4,7,17H2,1-3H3,(H,30,31,32,33). The van der Waals surface area contributed by atoms with Gasteiger partial charge in [-0.05, 0) is 51.9 Å². The summed E-state index contributed by atoms with van der Waals surface area (Å²) in [5.41, 5.74) is 7.01. The van der Waals surface area contributed by atoms with Gasteiger partial charge in [0.2, 0.25) is 5.82 Å². The zero-order valence-electron chi connectivity index (χ0n) is 20.7. The van der Waals surface area contributed by atoms with E-state index in [4.69, 9.17) is 0 Å². The molecule has 0 spiro atoms. The van der Waals surface area contributed by atoms with Crippen LogP contribution in [0.5, 0.6) is 0 Å².